The fraction of sp³-hybridized carbons (Fsp3) is 0.250. The first-order valence-electron chi connectivity index (χ1n) is 8.60. The first-order valence-corrected chi connectivity index (χ1v) is 10.2. The van der Waals surface area contributed by atoms with E-state index in [9.17, 15) is 20.0 Å². The van der Waals surface area contributed by atoms with Crippen LogP contribution < -0.4 is 5.56 Å². The van der Waals surface area contributed by atoms with Crippen molar-refractivity contribution in [3.05, 3.63) is 60.2 Å². The van der Waals surface area contributed by atoms with Crippen LogP contribution in [-0.4, -0.2) is 29.2 Å². The number of rotatable bonds is 6. The number of carbonyl (C=O) groups is 1. The standard InChI is InChI=1S/C20H16Cl2N2O4S/c1-10-11(9-23)19(26)24(7-4-8-28-2)20(27)14(10)17(25)18-16(22)15-12(21)5-3-6-13(15)29-18/h3,5-6,27H,4,7-8H2,1-2H3. The van der Waals surface area contributed by atoms with Gasteiger partial charge in [-0.2, -0.15) is 5.26 Å². The summed E-state index contributed by atoms with van der Waals surface area (Å²) in [6.45, 7) is 1.91. The number of pyridine rings is 1. The molecule has 0 atom stereocenters. The molecule has 0 amide bonds. The van der Waals surface area contributed by atoms with Crippen LogP contribution in [0.25, 0.3) is 10.1 Å². The Morgan fingerprint density at radius 2 is 2.10 bits per heavy atom. The van der Waals surface area contributed by atoms with E-state index in [-0.39, 0.29) is 33.1 Å². The highest BCUT2D eigenvalue weighted by molar-refractivity contribution is 7.22. The summed E-state index contributed by atoms with van der Waals surface area (Å²) in [6, 6.07) is 7.04. The Morgan fingerprint density at radius 1 is 1.38 bits per heavy atom. The monoisotopic (exact) mass is 450 g/mol. The van der Waals surface area contributed by atoms with Crippen LogP contribution in [0.5, 0.6) is 5.88 Å². The Bertz CT molecular complexity index is 1220. The molecule has 3 rings (SSSR count). The highest BCUT2D eigenvalue weighted by atomic mass is 35.5. The summed E-state index contributed by atoms with van der Waals surface area (Å²) in [7, 11) is 1.52. The molecule has 0 unspecified atom stereocenters. The van der Waals surface area contributed by atoms with Gasteiger partial charge in [-0.3, -0.25) is 14.2 Å². The first kappa shape index (κ1) is 21.3. The number of carbonyl (C=O) groups excluding carboxylic acids is 1. The molecule has 2 heterocycles. The zero-order valence-corrected chi connectivity index (χ0v) is 17.9. The van der Waals surface area contributed by atoms with Gasteiger partial charge in [0.25, 0.3) is 5.56 Å². The van der Waals surface area contributed by atoms with Crippen molar-refractivity contribution in [3.63, 3.8) is 0 Å². The van der Waals surface area contributed by atoms with Crippen LogP contribution in [0.4, 0.5) is 0 Å². The molecule has 29 heavy (non-hydrogen) atoms. The molecule has 9 heteroatoms. The lowest BCUT2D eigenvalue weighted by molar-refractivity contribution is 0.103. The van der Waals surface area contributed by atoms with Crippen molar-refractivity contribution in [2.24, 2.45) is 0 Å². The van der Waals surface area contributed by atoms with Crippen molar-refractivity contribution >= 4 is 50.4 Å². The molecule has 0 fully saturated rings. The third-order valence-corrected chi connectivity index (χ3v) is 6.53. The molecule has 0 saturated carbocycles. The van der Waals surface area contributed by atoms with E-state index in [0.717, 1.165) is 20.6 Å². The van der Waals surface area contributed by atoms with Crippen molar-refractivity contribution in [1.29, 1.82) is 5.26 Å². The smallest absolute Gasteiger partial charge is 0.271 e. The molecule has 0 saturated heterocycles. The highest BCUT2D eigenvalue weighted by Gasteiger charge is 2.28. The largest absolute Gasteiger partial charge is 0.494 e. The highest BCUT2D eigenvalue weighted by Crippen LogP contribution is 2.41. The van der Waals surface area contributed by atoms with Crippen LogP contribution in [0.2, 0.25) is 10.0 Å². The predicted molar refractivity (Wildman–Crippen MR) is 114 cm³/mol. The van der Waals surface area contributed by atoms with Gasteiger partial charge in [0.2, 0.25) is 11.7 Å². The fourth-order valence-electron chi connectivity index (χ4n) is 3.13. The van der Waals surface area contributed by atoms with Gasteiger partial charge < -0.3 is 9.84 Å². The minimum atomic E-state index is -0.652. The second-order valence-electron chi connectivity index (χ2n) is 6.30. The number of fused-ring (bicyclic) bond motifs is 1. The molecule has 0 aliphatic carbocycles. The van der Waals surface area contributed by atoms with Gasteiger partial charge in [-0.25, -0.2) is 0 Å². The molecule has 0 bridgehead atoms. The number of benzene rings is 1. The molecule has 0 aliphatic rings. The van der Waals surface area contributed by atoms with E-state index >= 15 is 0 Å². The molecule has 6 nitrogen and oxygen atoms in total. The SMILES string of the molecule is COCCCn1c(O)c(C(=O)c2sc3cccc(Cl)c3c2Cl)c(C)c(C#N)c1=O. The van der Waals surface area contributed by atoms with E-state index in [2.05, 4.69) is 0 Å². The Balaban J connectivity index is 2.23. The third-order valence-electron chi connectivity index (χ3n) is 4.57. The second kappa shape index (κ2) is 8.56. The minimum Gasteiger partial charge on any atom is -0.494 e. The molecular weight excluding hydrogens is 435 g/mol. The van der Waals surface area contributed by atoms with Crippen molar-refractivity contribution < 1.29 is 14.6 Å². The van der Waals surface area contributed by atoms with E-state index in [4.69, 9.17) is 27.9 Å². The molecule has 2 aromatic heterocycles. The van der Waals surface area contributed by atoms with Gasteiger partial charge in [0.05, 0.1) is 20.5 Å². The first-order chi connectivity index (χ1) is 13.8. The molecule has 3 aromatic rings. The van der Waals surface area contributed by atoms with Gasteiger partial charge in [-0.05, 0) is 31.0 Å². The van der Waals surface area contributed by atoms with Gasteiger partial charge in [0.15, 0.2) is 0 Å². The average molecular weight is 451 g/mol. The molecule has 150 valence electrons. The summed E-state index contributed by atoms with van der Waals surface area (Å²) in [5.74, 6) is -1.06. The van der Waals surface area contributed by atoms with Gasteiger partial charge >= 0.3 is 0 Å². The lowest BCUT2D eigenvalue weighted by Crippen LogP contribution is -2.27. The summed E-state index contributed by atoms with van der Waals surface area (Å²) in [5.41, 5.74) is -0.856. The van der Waals surface area contributed by atoms with Crippen LogP contribution in [0.15, 0.2) is 23.0 Å². The fourth-order valence-corrected chi connectivity index (χ4v) is 5.03. The lowest BCUT2D eigenvalue weighted by atomic mass is 10.0. The van der Waals surface area contributed by atoms with Crippen LogP contribution >= 0.6 is 34.5 Å². The normalized spacial score (nSPS) is 11.0. The number of ether oxygens (including phenoxy) is 1. The van der Waals surface area contributed by atoms with E-state index in [1.54, 1.807) is 18.2 Å². The number of methoxy groups -OCH3 is 1. The topological polar surface area (TPSA) is 92.3 Å². The van der Waals surface area contributed by atoms with Crippen molar-refractivity contribution in [1.82, 2.24) is 4.57 Å². The van der Waals surface area contributed by atoms with Crippen molar-refractivity contribution in [2.45, 2.75) is 19.9 Å². The summed E-state index contributed by atoms with van der Waals surface area (Å²) in [4.78, 5) is 26.1. The maximum atomic E-state index is 13.3. The maximum absolute atomic E-state index is 13.3. The van der Waals surface area contributed by atoms with E-state index in [1.165, 1.54) is 14.0 Å². The summed E-state index contributed by atoms with van der Waals surface area (Å²) in [5, 5.41) is 21.3. The number of aromatic nitrogens is 1. The zero-order chi connectivity index (χ0) is 21.3. The van der Waals surface area contributed by atoms with E-state index in [0.29, 0.717) is 23.4 Å². The van der Waals surface area contributed by atoms with Crippen LogP contribution in [0, 0.1) is 18.3 Å². The third kappa shape index (κ3) is 3.65. The summed E-state index contributed by atoms with van der Waals surface area (Å²) < 4.78 is 6.71. The quantitative estimate of drug-likeness (QED) is 0.439. The van der Waals surface area contributed by atoms with Gasteiger partial charge in [0, 0.05) is 30.3 Å². The molecule has 0 spiro atoms. The number of hydrogen-bond acceptors (Lipinski definition) is 6. The minimum absolute atomic E-state index is 0.0969. The Labute approximate surface area is 180 Å². The molecule has 1 N–H and O–H groups in total. The predicted octanol–water partition coefficient (Wildman–Crippen LogP) is 4.52. The van der Waals surface area contributed by atoms with Gasteiger partial charge in [-0.1, -0.05) is 29.3 Å². The average Bonchev–Trinajstić information content (AvgIpc) is 3.02. The Kier molecular flexibility index (Phi) is 6.30. The van der Waals surface area contributed by atoms with E-state index < -0.39 is 17.2 Å². The number of nitriles is 1. The second-order valence-corrected chi connectivity index (χ2v) is 8.14. The maximum Gasteiger partial charge on any atom is 0.271 e. The number of nitrogens with zero attached hydrogens (tertiary/aromatic N) is 2. The summed E-state index contributed by atoms with van der Waals surface area (Å²) in [6.07, 6.45) is 0.421. The summed E-state index contributed by atoms with van der Waals surface area (Å²) >= 11 is 13.8. The van der Waals surface area contributed by atoms with Crippen LogP contribution in [0.3, 0.4) is 0 Å². The molecular formula is C20H16Cl2N2O4S. The number of hydrogen-bond donors (Lipinski definition) is 1. The number of ketones is 1. The van der Waals surface area contributed by atoms with E-state index in [1.807, 2.05) is 6.07 Å². The van der Waals surface area contributed by atoms with Gasteiger partial charge in [0.1, 0.15) is 11.6 Å². The van der Waals surface area contributed by atoms with Crippen LogP contribution in [-0.2, 0) is 11.3 Å². The Morgan fingerprint density at radius 3 is 2.72 bits per heavy atom. The van der Waals surface area contributed by atoms with Crippen molar-refractivity contribution in [2.75, 3.05) is 13.7 Å². The number of halogens is 2. The number of aromatic hydroxyl groups is 1. The molecule has 0 radical (unpaired) electrons. The zero-order valence-electron chi connectivity index (χ0n) is 15.6. The van der Waals surface area contributed by atoms with Crippen molar-refractivity contribution in [3.8, 4) is 11.9 Å². The Hall–Kier alpha value is -2.37. The van der Waals surface area contributed by atoms with Gasteiger partial charge in [-0.15, -0.1) is 11.3 Å². The van der Waals surface area contributed by atoms with Crippen LogP contribution in [0.1, 0.15) is 32.8 Å². The lowest BCUT2D eigenvalue weighted by Gasteiger charge is -2.15. The molecule has 1 aromatic carbocycles. The molecule has 0 aliphatic heterocycles. The number of thiophene rings is 1.